The molecule has 1 aliphatic heterocycles. The van der Waals surface area contributed by atoms with Gasteiger partial charge in [0.25, 0.3) is 0 Å². The highest BCUT2D eigenvalue weighted by Crippen LogP contribution is 2.23. The van der Waals surface area contributed by atoms with Gasteiger partial charge in [-0.05, 0) is 39.7 Å². The Kier molecular flexibility index (Phi) is 4.71. The molecule has 0 bridgehead atoms. The third kappa shape index (κ3) is 4.25. The minimum Gasteiger partial charge on any atom is -0.372 e. The summed E-state index contributed by atoms with van der Waals surface area (Å²) in [6.07, 6.45) is 5.92. The molecule has 3 rings (SSSR count). The van der Waals surface area contributed by atoms with Crippen molar-refractivity contribution in [3.8, 4) is 0 Å². The molecule has 0 amide bonds. The summed E-state index contributed by atoms with van der Waals surface area (Å²) in [4.78, 5) is 6.85. The molecule has 2 fully saturated rings. The van der Waals surface area contributed by atoms with Gasteiger partial charge in [-0.1, -0.05) is 0 Å². The largest absolute Gasteiger partial charge is 0.372 e. The monoisotopic (exact) mass is 295 g/mol. The summed E-state index contributed by atoms with van der Waals surface area (Å²) < 4.78 is 6.13. The van der Waals surface area contributed by atoms with E-state index < -0.39 is 0 Å². The van der Waals surface area contributed by atoms with E-state index in [2.05, 4.69) is 34.6 Å². The average molecular weight is 295 g/mol. The zero-order valence-electron chi connectivity index (χ0n) is 12.5. The van der Waals surface area contributed by atoms with E-state index in [9.17, 15) is 0 Å². The first kappa shape index (κ1) is 14.4. The zero-order valence-corrected chi connectivity index (χ0v) is 13.3. The highest BCUT2D eigenvalue weighted by molar-refractivity contribution is 7.09. The molecule has 4 nitrogen and oxygen atoms in total. The SMILES string of the molecule is Cc1nc(CN(C)CC2CCC(CNC3CC3)O2)cs1. The zero-order chi connectivity index (χ0) is 13.9. The predicted molar refractivity (Wildman–Crippen MR) is 82.1 cm³/mol. The van der Waals surface area contributed by atoms with Crippen LogP contribution in [0.15, 0.2) is 5.38 Å². The Labute approximate surface area is 125 Å². The van der Waals surface area contributed by atoms with Crippen molar-refractivity contribution in [1.82, 2.24) is 15.2 Å². The highest BCUT2D eigenvalue weighted by Gasteiger charge is 2.28. The fraction of sp³-hybridized carbons (Fsp3) is 0.800. The number of nitrogens with one attached hydrogen (secondary N) is 1. The molecule has 1 aromatic heterocycles. The lowest BCUT2D eigenvalue weighted by Crippen LogP contribution is -2.32. The van der Waals surface area contributed by atoms with Crippen molar-refractivity contribution in [3.63, 3.8) is 0 Å². The molecule has 2 atom stereocenters. The highest BCUT2D eigenvalue weighted by atomic mass is 32.1. The minimum atomic E-state index is 0.394. The van der Waals surface area contributed by atoms with Crippen molar-refractivity contribution in [3.05, 3.63) is 16.1 Å². The van der Waals surface area contributed by atoms with Gasteiger partial charge in [-0.25, -0.2) is 4.98 Å². The van der Waals surface area contributed by atoms with Crippen LogP contribution in [0, 0.1) is 6.92 Å². The normalized spacial score (nSPS) is 26.6. The van der Waals surface area contributed by atoms with Crippen LogP contribution >= 0.6 is 11.3 Å². The predicted octanol–water partition coefficient (Wildman–Crippen LogP) is 2.18. The molecule has 1 aromatic rings. The number of nitrogens with zero attached hydrogens (tertiary/aromatic N) is 2. The Balaban J connectivity index is 1.37. The second kappa shape index (κ2) is 6.52. The van der Waals surface area contributed by atoms with Crippen molar-refractivity contribution in [1.29, 1.82) is 0 Å². The first-order valence-electron chi connectivity index (χ1n) is 7.67. The van der Waals surface area contributed by atoms with E-state index >= 15 is 0 Å². The van der Waals surface area contributed by atoms with E-state index in [1.807, 2.05) is 0 Å². The van der Waals surface area contributed by atoms with E-state index in [0.29, 0.717) is 12.2 Å². The number of ether oxygens (including phenoxy) is 1. The lowest BCUT2D eigenvalue weighted by Gasteiger charge is -2.20. The number of aryl methyl sites for hydroxylation is 1. The van der Waals surface area contributed by atoms with Crippen LogP contribution in [0.4, 0.5) is 0 Å². The summed E-state index contributed by atoms with van der Waals surface area (Å²) in [7, 11) is 2.16. The van der Waals surface area contributed by atoms with Crippen LogP contribution in [-0.2, 0) is 11.3 Å². The molecular weight excluding hydrogens is 270 g/mol. The molecule has 5 heteroatoms. The maximum absolute atomic E-state index is 6.13. The number of rotatable bonds is 7. The number of thiazole rings is 1. The average Bonchev–Trinajstić information content (AvgIpc) is 3.00. The number of aromatic nitrogens is 1. The van der Waals surface area contributed by atoms with Crippen LogP contribution in [0.2, 0.25) is 0 Å². The molecule has 0 spiro atoms. The molecule has 2 unspecified atom stereocenters. The third-order valence-electron chi connectivity index (χ3n) is 4.02. The van der Waals surface area contributed by atoms with E-state index in [0.717, 1.165) is 30.7 Å². The lowest BCUT2D eigenvalue weighted by atomic mass is 10.2. The van der Waals surface area contributed by atoms with Crippen LogP contribution in [0.3, 0.4) is 0 Å². The standard InChI is InChI=1S/C15H25N3OS/c1-11-17-13(10-20-11)8-18(2)9-15-6-5-14(19-15)7-16-12-3-4-12/h10,12,14-16H,3-9H2,1-2H3. The van der Waals surface area contributed by atoms with Crippen molar-refractivity contribution in [2.45, 2.75) is 57.4 Å². The summed E-state index contributed by atoms with van der Waals surface area (Å²) in [5.41, 5.74) is 1.18. The van der Waals surface area contributed by atoms with Gasteiger partial charge in [0.15, 0.2) is 0 Å². The molecule has 2 heterocycles. The summed E-state index contributed by atoms with van der Waals surface area (Å²) in [5.74, 6) is 0. The van der Waals surface area contributed by atoms with Crippen LogP contribution in [0.5, 0.6) is 0 Å². The lowest BCUT2D eigenvalue weighted by molar-refractivity contribution is 0.0264. The molecule has 0 aromatic carbocycles. The summed E-state index contributed by atoms with van der Waals surface area (Å²) in [6, 6.07) is 0.785. The van der Waals surface area contributed by atoms with Crippen LogP contribution < -0.4 is 5.32 Å². The first-order valence-corrected chi connectivity index (χ1v) is 8.55. The molecule has 0 radical (unpaired) electrons. The van der Waals surface area contributed by atoms with Crippen LogP contribution in [0.1, 0.15) is 36.4 Å². The molecule has 1 saturated carbocycles. The van der Waals surface area contributed by atoms with Crippen molar-refractivity contribution < 1.29 is 4.74 Å². The first-order chi connectivity index (χ1) is 9.69. The van der Waals surface area contributed by atoms with Gasteiger partial charge < -0.3 is 10.1 Å². The van der Waals surface area contributed by atoms with Gasteiger partial charge in [-0.3, -0.25) is 4.90 Å². The Morgan fingerprint density at radius 3 is 2.85 bits per heavy atom. The van der Waals surface area contributed by atoms with E-state index in [1.54, 1.807) is 11.3 Å². The summed E-state index contributed by atoms with van der Waals surface area (Å²) in [5, 5.41) is 6.87. The topological polar surface area (TPSA) is 37.4 Å². The molecule has 1 N–H and O–H groups in total. The fourth-order valence-corrected chi connectivity index (χ4v) is 3.42. The molecule has 1 aliphatic carbocycles. The Bertz CT molecular complexity index is 433. The van der Waals surface area contributed by atoms with Crippen molar-refractivity contribution in [2.75, 3.05) is 20.1 Å². The number of likely N-dealkylation sites (N-methyl/N-ethyl adjacent to an activating group) is 1. The second-order valence-corrected chi connectivity index (χ2v) is 7.26. The van der Waals surface area contributed by atoms with Crippen LogP contribution in [0.25, 0.3) is 0 Å². The van der Waals surface area contributed by atoms with Gasteiger partial charge in [0, 0.05) is 31.1 Å². The van der Waals surface area contributed by atoms with Crippen LogP contribution in [-0.4, -0.2) is 48.3 Å². The Hall–Kier alpha value is -0.490. The molecular formula is C15H25N3OS. The summed E-state index contributed by atoms with van der Waals surface area (Å²) in [6.45, 7) is 5.04. The van der Waals surface area contributed by atoms with Gasteiger partial charge in [0.2, 0.25) is 0 Å². The minimum absolute atomic E-state index is 0.394. The molecule has 2 aliphatic rings. The van der Waals surface area contributed by atoms with Crippen molar-refractivity contribution in [2.24, 2.45) is 0 Å². The number of hydrogen-bond acceptors (Lipinski definition) is 5. The number of hydrogen-bond donors (Lipinski definition) is 1. The van der Waals surface area contributed by atoms with Gasteiger partial charge in [-0.2, -0.15) is 0 Å². The third-order valence-corrected chi connectivity index (χ3v) is 4.84. The Morgan fingerprint density at radius 2 is 2.15 bits per heavy atom. The molecule has 112 valence electrons. The second-order valence-electron chi connectivity index (χ2n) is 6.19. The van der Waals surface area contributed by atoms with Gasteiger partial charge in [0.05, 0.1) is 22.9 Å². The Morgan fingerprint density at radius 1 is 1.35 bits per heavy atom. The summed E-state index contributed by atoms with van der Waals surface area (Å²) >= 11 is 1.73. The van der Waals surface area contributed by atoms with Gasteiger partial charge >= 0.3 is 0 Å². The maximum Gasteiger partial charge on any atom is 0.0897 e. The van der Waals surface area contributed by atoms with E-state index in [-0.39, 0.29) is 0 Å². The smallest absolute Gasteiger partial charge is 0.0897 e. The van der Waals surface area contributed by atoms with Crippen molar-refractivity contribution >= 4 is 11.3 Å². The maximum atomic E-state index is 6.13. The van der Waals surface area contributed by atoms with E-state index in [4.69, 9.17) is 4.74 Å². The molecule has 1 saturated heterocycles. The van der Waals surface area contributed by atoms with E-state index in [1.165, 1.54) is 31.4 Å². The quantitative estimate of drug-likeness (QED) is 0.837. The molecule has 20 heavy (non-hydrogen) atoms. The van der Waals surface area contributed by atoms with Gasteiger partial charge in [0.1, 0.15) is 0 Å². The van der Waals surface area contributed by atoms with Gasteiger partial charge in [-0.15, -0.1) is 11.3 Å². The fourth-order valence-electron chi connectivity index (χ4n) is 2.82.